The molecule has 0 bridgehead atoms. The van der Waals surface area contributed by atoms with E-state index in [1.54, 1.807) is 11.6 Å². The van der Waals surface area contributed by atoms with Crippen LogP contribution in [-0.4, -0.2) is 34.5 Å². The number of anilines is 3. The highest BCUT2D eigenvalue weighted by atomic mass is 19.3. The molecule has 0 atom stereocenters. The van der Waals surface area contributed by atoms with Crippen LogP contribution in [-0.2, 0) is 0 Å². The number of H-pyrrole nitrogens is 1. The molecular weight excluding hydrogens is 416 g/mol. The summed E-state index contributed by atoms with van der Waals surface area (Å²) in [7, 11) is 0. The van der Waals surface area contributed by atoms with Gasteiger partial charge in [-0.25, -0.2) is 9.36 Å². The summed E-state index contributed by atoms with van der Waals surface area (Å²) in [5, 5.41) is 13.2. The minimum atomic E-state index is -2.74. The maximum Gasteiger partial charge on any atom is 0.333 e. The van der Waals surface area contributed by atoms with Gasteiger partial charge in [-0.3, -0.25) is 0 Å². The Morgan fingerprint density at radius 2 is 1.94 bits per heavy atom. The molecule has 11 heteroatoms. The summed E-state index contributed by atoms with van der Waals surface area (Å²) < 4.78 is 28.3. The van der Waals surface area contributed by atoms with E-state index in [9.17, 15) is 8.78 Å². The van der Waals surface area contributed by atoms with Gasteiger partial charge in [0.1, 0.15) is 11.5 Å². The van der Waals surface area contributed by atoms with Crippen molar-refractivity contribution in [2.75, 3.05) is 11.1 Å². The zero-order valence-electron chi connectivity index (χ0n) is 17.6. The molecule has 5 rings (SSSR count). The third kappa shape index (κ3) is 3.22. The summed E-state index contributed by atoms with van der Waals surface area (Å²) in [6.45, 7) is 2.87. The molecule has 0 aliphatic rings. The Morgan fingerprint density at radius 1 is 1.12 bits per heavy atom. The van der Waals surface area contributed by atoms with Crippen LogP contribution < -0.4 is 11.1 Å². The van der Waals surface area contributed by atoms with Crippen LogP contribution in [0.2, 0.25) is 0 Å². The van der Waals surface area contributed by atoms with E-state index in [1.807, 2.05) is 44.3 Å². The lowest BCUT2D eigenvalue weighted by Crippen LogP contribution is -2.06. The van der Waals surface area contributed by atoms with Crippen LogP contribution in [0.3, 0.4) is 0 Å². The minimum Gasteiger partial charge on any atom is -0.383 e. The molecule has 0 saturated carbocycles. The third-order valence-corrected chi connectivity index (χ3v) is 5.26. The maximum atomic E-state index is 13.0. The molecule has 164 valence electrons. The fraction of sp³-hybridized carbons (Fsp3) is 0.238. The van der Waals surface area contributed by atoms with Gasteiger partial charge in [-0.05, 0) is 39.0 Å². The molecule has 0 unspecified atom stereocenters. The van der Waals surface area contributed by atoms with E-state index in [1.165, 1.54) is 6.20 Å². The van der Waals surface area contributed by atoms with Crippen molar-refractivity contribution >= 4 is 39.4 Å². The van der Waals surface area contributed by atoms with Gasteiger partial charge in [0.25, 0.3) is 0 Å². The van der Waals surface area contributed by atoms with Crippen LogP contribution in [0.1, 0.15) is 32.1 Å². The second-order valence-electron chi connectivity index (χ2n) is 7.81. The van der Waals surface area contributed by atoms with Gasteiger partial charge >= 0.3 is 6.55 Å². The summed E-state index contributed by atoms with van der Waals surface area (Å²) in [5.74, 6) is 0.425. The molecule has 0 radical (unpaired) electrons. The number of hydrogen-bond acceptors (Lipinski definition) is 6. The largest absolute Gasteiger partial charge is 0.383 e. The molecule has 9 nitrogen and oxygen atoms in total. The second kappa shape index (κ2) is 7.29. The van der Waals surface area contributed by atoms with Crippen LogP contribution in [0, 0.1) is 6.92 Å². The summed E-state index contributed by atoms with van der Waals surface area (Å²) in [4.78, 5) is 12.2. The molecule has 32 heavy (non-hydrogen) atoms. The molecule has 4 N–H and O–H groups in total. The first-order chi connectivity index (χ1) is 15.3. The van der Waals surface area contributed by atoms with E-state index in [2.05, 4.69) is 25.4 Å². The van der Waals surface area contributed by atoms with Crippen LogP contribution in [0.15, 0.2) is 36.7 Å². The van der Waals surface area contributed by atoms with Gasteiger partial charge in [0, 0.05) is 28.7 Å². The van der Waals surface area contributed by atoms with E-state index in [4.69, 9.17) is 10.8 Å². The zero-order chi connectivity index (χ0) is 22.6. The van der Waals surface area contributed by atoms with Crippen LogP contribution >= 0.6 is 0 Å². The SMILES string of the molecule is Cc1nn(C(F)F)cc1Nc1nc(N)c2c(-c3ccc4[nH]ccc4c3)nn(C(C)C)c2n1. The van der Waals surface area contributed by atoms with Crippen LogP contribution in [0.25, 0.3) is 33.2 Å². The predicted octanol–water partition coefficient (Wildman–Crippen LogP) is 4.78. The molecule has 0 aliphatic heterocycles. The lowest BCUT2D eigenvalue weighted by molar-refractivity contribution is 0.0563. The van der Waals surface area contributed by atoms with E-state index >= 15 is 0 Å². The third-order valence-electron chi connectivity index (χ3n) is 5.26. The van der Waals surface area contributed by atoms with E-state index in [0.717, 1.165) is 16.5 Å². The number of halogens is 2. The Kier molecular flexibility index (Phi) is 4.54. The first kappa shape index (κ1) is 19.9. The van der Waals surface area contributed by atoms with Crippen molar-refractivity contribution in [2.45, 2.75) is 33.4 Å². The topological polar surface area (TPSA) is 115 Å². The first-order valence-corrected chi connectivity index (χ1v) is 10.1. The van der Waals surface area contributed by atoms with Gasteiger partial charge < -0.3 is 16.0 Å². The number of hydrogen-bond donors (Lipinski definition) is 3. The predicted molar refractivity (Wildman–Crippen MR) is 119 cm³/mol. The molecule has 5 aromatic rings. The number of fused-ring (bicyclic) bond motifs is 2. The van der Waals surface area contributed by atoms with Gasteiger partial charge in [0.15, 0.2) is 5.65 Å². The van der Waals surface area contributed by atoms with Crippen molar-refractivity contribution in [1.29, 1.82) is 0 Å². The van der Waals surface area contributed by atoms with Crippen LogP contribution in [0.4, 0.5) is 26.2 Å². The summed E-state index contributed by atoms with van der Waals surface area (Å²) in [6, 6.07) is 7.99. The van der Waals surface area contributed by atoms with E-state index < -0.39 is 6.55 Å². The van der Waals surface area contributed by atoms with Crippen molar-refractivity contribution < 1.29 is 8.78 Å². The Bertz CT molecular complexity index is 1440. The lowest BCUT2D eigenvalue weighted by atomic mass is 10.1. The van der Waals surface area contributed by atoms with Crippen molar-refractivity contribution in [1.82, 2.24) is 34.5 Å². The highest BCUT2D eigenvalue weighted by molar-refractivity contribution is 6.00. The number of nitrogens with two attached hydrogens (primary N) is 1. The fourth-order valence-electron chi connectivity index (χ4n) is 3.71. The van der Waals surface area contributed by atoms with Crippen molar-refractivity contribution in [2.24, 2.45) is 0 Å². The Morgan fingerprint density at radius 3 is 2.66 bits per heavy atom. The molecule has 0 amide bonds. The van der Waals surface area contributed by atoms with Crippen molar-refractivity contribution in [3.05, 3.63) is 42.4 Å². The number of rotatable bonds is 5. The summed E-state index contributed by atoms with van der Waals surface area (Å²) in [6.07, 6.45) is 3.09. The number of aryl methyl sites for hydroxylation is 1. The average molecular weight is 437 g/mol. The number of nitrogens with zero attached hydrogens (tertiary/aromatic N) is 6. The number of alkyl halides is 2. The van der Waals surface area contributed by atoms with Crippen molar-refractivity contribution in [3.8, 4) is 11.3 Å². The quantitative estimate of drug-likeness (QED) is 0.364. The molecular formula is C21H21F2N9. The second-order valence-corrected chi connectivity index (χ2v) is 7.81. The zero-order valence-corrected chi connectivity index (χ0v) is 17.6. The number of benzene rings is 1. The molecule has 4 aromatic heterocycles. The average Bonchev–Trinajstić information content (AvgIpc) is 3.44. The molecule has 0 saturated heterocycles. The molecule has 0 spiro atoms. The highest BCUT2D eigenvalue weighted by Gasteiger charge is 2.21. The standard InChI is InChI=1S/C21H21F2N9/c1-10(2)32-19-16(17(30-32)13-4-5-14-12(8-13)6-7-25-14)18(24)27-21(28-19)26-15-9-31(20(22)23)29-11(15)3/h4-10,20,25H,1-3H3,(H3,24,26,27,28). The lowest BCUT2D eigenvalue weighted by Gasteiger charge is -2.08. The van der Waals surface area contributed by atoms with E-state index in [0.29, 0.717) is 32.8 Å². The molecule has 0 fully saturated rings. The smallest absolute Gasteiger partial charge is 0.333 e. The van der Waals surface area contributed by atoms with Crippen molar-refractivity contribution in [3.63, 3.8) is 0 Å². The number of aromatic nitrogens is 7. The molecule has 0 aliphatic carbocycles. The van der Waals surface area contributed by atoms with Crippen LogP contribution in [0.5, 0.6) is 0 Å². The minimum absolute atomic E-state index is 0.00714. The number of nitrogen functional groups attached to an aromatic ring is 1. The molecule has 4 heterocycles. The Balaban J connectivity index is 1.64. The van der Waals surface area contributed by atoms with Gasteiger partial charge in [-0.1, -0.05) is 6.07 Å². The molecule has 1 aromatic carbocycles. The van der Waals surface area contributed by atoms with Gasteiger partial charge in [-0.2, -0.15) is 28.9 Å². The monoisotopic (exact) mass is 437 g/mol. The Labute approximate surface area is 181 Å². The normalized spacial score (nSPS) is 12.0. The van der Waals surface area contributed by atoms with Gasteiger partial charge in [-0.15, -0.1) is 0 Å². The summed E-state index contributed by atoms with van der Waals surface area (Å²) in [5.41, 5.74) is 10.3. The van der Waals surface area contributed by atoms with E-state index in [-0.39, 0.29) is 17.8 Å². The first-order valence-electron chi connectivity index (χ1n) is 10.1. The maximum absolute atomic E-state index is 13.0. The number of aromatic amines is 1. The van der Waals surface area contributed by atoms with Gasteiger partial charge in [0.2, 0.25) is 5.95 Å². The number of nitrogens with one attached hydrogen (secondary N) is 2. The Hall–Kier alpha value is -4.02. The fourth-order valence-corrected chi connectivity index (χ4v) is 3.71. The van der Waals surface area contributed by atoms with Gasteiger partial charge in [0.05, 0.1) is 23.0 Å². The highest BCUT2D eigenvalue weighted by Crippen LogP contribution is 2.34. The summed E-state index contributed by atoms with van der Waals surface area (Å²) >= 11 is 0.